The Hall–Kier alpha value is -1.81. The smallest absolute Gasteiger partial charge is 0.333 e. The Labute approximate surface area is 144 Å². The molecule has 0 saturated carbocycles. The Morgan fingerprint density at radius 3 is 2.46 bits per heavy atom. The molecular weight excluding hydrogens is 304 g/mol. The minimum atomic E-state index is -0.904. The number of aliphatic carboxylic acids is 1. The zero-order valence-electron chi connectivity index (χ0n) is 15.0. The summed E-state index contributed by atoms with van der Waals surface area (Å²) in [7, 11) is 1.62. The molecular formula is C20H28O4. The van der Waals surface area contributed by atoms with Gasteiger partial charge in [0.2, 0.25) is 0 Å². The van der Waals surface area contributed by atoms with Crippen LogP contribution in [0.15, 0.2) is 36.4 Å². The average molecular weight is 332 g/mol. The van der Waals surface area contributed by atoms with Crippen molar-refractivity contribution in [3.8, 4) is 5.75 Å². The highest BCUT2D eigenvalue weighted by Gasteiger charge is 2.40. The average Bonchev–Trinajstić information content (AvgIpc) is 2.55. The van der Waals surface area contributed by atoms with E-state index in [1.54, 1.807) is 7.11 Å². The minimum absolute atomic E-state index is 0.276. The SMILES string of the molecule is COc1ccc(CO[C@H](C(=O)O)[C@@]2(C)C=C[C@@H](C(C)C)CC2)cc1. The molecule has 1 aliphatic rings. The number of ether oxygens (including phenoxy) is 2. The van der Waals surface area contributed by atoms with Gasteiger partial charge >= 0.3 is 5.97 Å². The summed E-state index contributed by atoms with van der Waals surface area (Å²) in [4.78, 5) is 11.8. The molecule has 0 unspecified atom stereocenters. The lowest BCUT2D eigenvalue weighted by Gasteiger charge is -2.37. The maximum Gasteiger partial charge on any atom is 0.333 e. The van der Waals surface area contributed by atoms with E-state index in [-0.39, 0.29) is 6.61 Å². The Balaban J connectivity index is 2.06. The van der Waals surface area contributed by atoms with E-state index in [2.05, 4.69) is 19.9 Å². The monoisotopic (exact) mass is 332 g/mol. The topological polar surface area (TPSA) is 55.8 Å². The summed E-state index contributed by atoms with van der Waals surface area (Å²) in [6, 6.07) is 7.49. The minimum Gasteiger partial charge on any atom is -0.497 e. The summed E-state index contributed by atoms with van der Waals surface area (Å²) in [6.07, 6.45) is 5.20. The summed E-state index contributed by atoms with van der Waals surface area (Å²) in [5.41, 5.74) is 0.467. The van der Waals surface area contributed by atoms with Gasteiger partial charge < -0.3 is 14.6 Å². The fraction of sp³-hybridized carbons (Fsp3) is 0.550. The molecule has 1 N–H and O–H groups in total. The third-order valence-corrected chi connectivity index (χ3v) is 5.00. The van der Waals surface area contributed by atoms with Crippen LogP contribution in [-0.4, -0.2) is 24.3 Å². The first-order chi connectivity index (χ1) is 11.4. The van der Waals surface area contributed by atoms with Gasteiger partial charge in [-0.15, -0.1) is 0 Å². The fourth-order valence-electron chi connectivity index (χ4n) is 3.22. The van der Waals surface area contributed by atoms with Crippen molar-refractivity contribution in [2.45, 2.75) is 46.3 Å². The molecule has 24 heavy (non-hydrogen) atoms. The molecule has 0 bridgehead atoms. The standard InChI is InChI=1S/C20H28O4/c1-14(2)16-9-11-20(3,12-10-16)18(19(21)22)24-13-15-5-7-17(23-4)8-6-15/h5-9,11,14,16,18H,10,12-13H2,1-4H3,(H,21,22)/t16-,18-,20+/m1/s1. The van der Waals surface area contributed by atoms with Gasteiger partial charge in [-0.25, -0.2) is 4.79 Å². The molecule has 0 spiro atoms. The lowest BCUT2D eigenvalue weighted by Crippen LogP contribution is -2.41. The highest BCUT2D eigenvalue weighted by Crippen LogP contribution is 2.40. The molecule has 4 nitrogen and oxygen atoms in total. The third-order valence-electron chi connectivity index (χ3n) is 5.00. The molecule has 0 aliphatic heterocycles. The summed E-state index contributed by atoms with van der Waals surface area (Å²) in [5, 5.41) is 9.65. The number of carboxylic acids is 1. The van der Waals surface area contributed by atoms with Crippen molar-refractivity contribution in [2.75, 3.05) is 7.11 Å². The van der Waals surface area contributed by atoms with Crippen molar-refractivity contribution >= 4 is 5.97 Å². The summed E-state index contributed by atoms with van der Waals surface area (Å²) in [5.74, 6) is 0.970. The van der Waals surface area contributed by atoms with Crippen LogP contribution in [0.4, 0.5) is 0 Å². The lowest BCUT2D eigenvalue weighted by atomic mass is 9.71. The lowest BCUT2D eigenvalue weighted by molar-refractivity contribution is -0.159. The van der Waals surface area contributed by atoms with Gasteiger partial charge in [0.25, 0.3) is 0 Å². The number of carboxylic acid groups (broad SMARTS) is 1. The predicted octanol–water partition coefficient (Wildman–Crippen LogP) is 4.29. The number of allylic oxidation sites excluding steroid dienone is 1. The van der Waals surface area contributed by atoms with Gasteiger partial charge in [0, 0.05) is 5.41 Å². The van der Waals surface area contributed by atoms with Crippen LogP contribution in [0, 0.1) is 17.3 Å². The van der Waals surface area contributed by atoms with Gasteiger partial charge in [-0.3, -0.25) is 0 Å². The normalized spacial score (nSPS) is 24.8. The number of hydrogen-bond donors (Lipinski definition) is 1. The van der Waals surface area contributed by atoms with Crippen molar-refractivity contribution in [3.63, 3.8) is 0 Å². The van der Waals surface area contributed by atoms with E-state index in [0.717, 1.165) is 24.2 Å². The van der Waals surface area contributed by atoms with Crippen LogP contribution < -0.4 is 4.74 Å². The van der Waals surface area contributed by atoms with E-state index in [4.69, 9.17) is 9.47 Å². The highest BCUT2D eigenvalue weighted by atomic mass is 16.5. The van der Waals surface area contributed by atoms with Crippen LogP contribution in [0.2, 0.25) is 0 Å². The first kappa shape index (κ1) is 18.5. The Morgan fingerprint density at radius 2 is 2.00 bits per heavy atom. The second kappa shape index (κ2) is 7.84. The fourth-order valence-corrected chi connectivity index (χ4v) is 3.22. The van der Waals surface area contributed by atoms with E-state index in [0.29, 0.717) is 11.8 Å². The summed E-state index contributed by atoms with van der Waals surface area (Å²) >= 11 is 0. The number of rotatable bonds is 7. The summed E-state index contributed by atoms with van der Waals surface area (Å²) in [6.45, 7) is 6.66. The molecule has 1 aliphatic carbocycles. The van der Waals surface area contributed by atoms with E-state index >= 15 is 0 Å². The molecule has 0 heterocycles. The zero-order valence-corrected chi connectivity index (χ0v) is 15.0. The van der Waals surface area contributed by atoms with Crippen molar-refractivity contribution in [3.05, 3.63) is 42.0 Å². The molecule has 4 heteroatoms. The van der Waals surface area contributed by atoms with Crippen molar-refractivity contribution in [2.24, 2.45) is 17.3 Å². The molecule has 0 aromatic heterocycles. The van der Waals surface area contributed by atoms with E-state index in [9.17, 15) is 9.90 Å². The van der Waals surface area contributed by atoms with Crippen LogP contribution in [0.3, 0.4) is 0 Å². The van der Waals surface area contributed by atoms with Crippen LogP contribution in [0.1, 0.15) is 39.2 Å². The van der Waals surface area contributed by atoms with Gasteiger partial charge in [0.1, 0.15) is 5.75 Å². The number of hydrogen-bond acceptors (Lipinski definition) is 3. The number of methoxy groups -OCH3 is 1. The largest absolute Gasteiger partial charge is 0.497 e. The second-order valence-corrected chi connectivity index (χ2v) is 7.19. The number of benzene rings is 1. The quantitative estimate of drug-likeness (QED) is 0.757. The van der Waals surface area contributed by atoms with Gasteiger partial charge in [0.15, 0.2) is 6.10 Å². The first-order valence-electron chi connectivity index (χ1n) is 8.52. The Morgan fingerprint density at radius 1 is 1.33 bits per heavy atom. The third kappa shape index (κ3) is 4.38. The van der Waals surface area contributed by atoms with Crippen molar-refractivity contribution < 1.29 is 19.4 Å². The van der Waals surface area contributed by atoms with E-state index < -0.39 is 17.5 Å². The van der Waals surface area contributed by atoms with Crippen molar-refractivity contribution in [1.82, 2.24) is 0 Å². The van der Waals surface area contributed by atoms with Crippen molar-refractivity contribution in [1.29, 1.82) is 0 Å². The first-order valence-corrected chi connectivity index (χ1v) is 8.52. The maximum atomic E-state index is 11.8. The predicted molar refractivity (Wildman–Crippen MR) is 94.0 cm³/mol. The number of carbonyl (C=O) groups is 1. The van der Waals surface area contributed by atoms with Crippen LogP contribution in [0.5, 0.6) is 5.75 Å². The van der Waals surface area contributed by atoms with Gasteiger partial charge in [-0.05, 0) is 42.4 Å². The van der Waals surface area contributed by atoms with Crippen LogP contribution >= 0.6 is 0 Å². The van der Waals surface area contributed by atoms with Gasteiger partial charge in [0.05, 0.1) is 13.7 Å². The summed E-state index contributed by atoms with van der Waals surface area (Å²) < 4.78 is 10.9. The Kier molecular flexibility index (Phi) is 6.05. The maximum absolute atomic E-state index is 11.8. The molecule has 3 atom stereocenters. The van der Waals surface area contributed by atoms with Crippen LogP contribution in [-0.2, 0) is 16.1 Å². The molecule has 0 amide bonds. The highest BCUT2D eigenvalue weighted by molar-refractivity contribution is 5.74. The zero-order chi connectivity index (χ0) is 17.7. The molecule has 132 valence electrons. The molecule has 2 rings (SSSR count). The molecule has 0 fully saturated rings. The van der Waals surface area contributed by atoms with Gasteiger partial charge in [-0.2, -0.15) is 0 Å². The van der Waals surface area contributed by atoms with Gasteiger partial charge in [-0.1, -0.05) is 45.1 Å². The molecule has 0 radical (unpaired) electrons. The Bertz CT molecular complexity index is 576. The molecule has 1 aromatic rings. The molecule has 0 saturated heterocycles. The second-order valence-electron chi connectivity index (χ2n) is 7.19. The van der Waals surface area contributed by atoms with E-state index in [1.165, 1.54) is 0 Å². The molecule has 1 aromatic carbocycles. The van der Waals surface area contributed by atoms with E-state index in [1.807, 2.05) is 37.3 Å². The van der Waals surface area contributed by atoms with Crippen LogP contribution in [0.25, 0.3) is 0 Å².